The van der Waals surface area contributed by atoms with E-state index in [0.29, 0.717) is 12.3 Å². The van der Waals surface area contributed by atoms with Crippen molar-refractivity contribution in [2.24, 2.45) is 5.41 Å². The highest BCUT2D eigenvalue weighted by Gasteiger charge is 2.28. The highest BCUT2D eigenvalue weighted by Crippen LogP contribution is 2.46. The van der Waals surface area contributed by atoms with Gasteiger partial charge in [-0.3, -0.25) is 4.18 Å². The predicted octanol–water partition coefficient (Wildman–Crippen LogP) is 2.74. The van der Waals surface area contributed by atoms with E-state index in [-0.39, 0.29) is 17.5 Å². The van der Waals surface area contributed by atoms with Crippen LogP contribution in [0.25, 0.3) is 0 Å². The van der Waals surface area contributed by atoms with Crippen molar-refractivity contribution in [2.75, 3.05) is 24.4 Å². The molecule has 0 aliphatic heterocycles. The van der Waals surface area contributed by atoms with Crippen molar-refractivity contribution >= 4 is 17.3 Å². The van der Waals surface area contributed by atoms with Crippen LogP contribution in [0.15, 0.2) is 0 Å². The van der Waals surface area contributed by atoms with Crippen LogP contribution in [0.5, 0.6) is 0 Å². The Bertz CT molecular complexity index is 346. The molecular formula is C10H23O4PS. The molecule has 6 heteroatoms. The van der Waals surface area contributed by atoms with Crippen LogP contribution < -0.4 is 0 Å². The maximum Gasteiger partial charge on any atom is 0.274 e. The summed E-state index contributed by atoms with van der Waals surface area (Å²) >= 11 is 0. The van der Waals surface area contributed by atoms with Crippen LogP contribution in [0, 0.1) is 5.41 Å². The van der Waals surface area contributed by atoms with E-state index in [1.54, 1.807) is 13.8 Å². The molecule has 4 nitrogen and oxygen atoms in total. The Balaban J connectivity index is 4.54. The lowest BCUT2D eigenvalue weighted by Crippen LogP contribution is -2.21. The van der Waals surface area contributed by atoms with Gasteiger partial charge in [0, 0.05) is 0 Å². The van der Waals surface area contributed by atoms with Gasteiger partial charge in [0.15, 0.2) is 0 Å². The summed E-state index contributed by atoms with van der Waals surface area (Å²) in [4.78, 5) is 0. The van der Waals surface area contributed by atoms with Crippen LogP contribution in [-0.2, 0) is 18.9 Å². The van der Waals surface area contributed by atoms with Crippen LogP contribution in [0.2, 0.25) is 0 Å². The molecule has 0 aromatic heterocycles. The van der Waals surface area contributed by atoms with Gasteiger partial charge in [0.1, 0.15) is 12.6 Å². The van der Waals surface area contributed by atoms with Crippen molar-refractivity contribution in [3.05, 3.63) is 0 Å². The summed E-state index contributed by atoms with van der Waals surface area (Å²) in [5.74, 6) is 0. The Hall–Kier alpha value is 0.140. The molecule has 0 amide bonds. The van der Waals surface area contributed by atoms with E-state index in [1.165, 1.54) is 0 Å². The van der Waals surface area contributed by atoms with E-state index in [1.807, 2.05) is 20.8 Å². The zero-order valence-corrected chi connectivity index (χ0v) is 12.5. The van der Waals surface area contributed by atoms with E-state index in [2.05, 4.69) is 0 Å². The smallest absolute Gasteiger partial charge is 0.274 e. The van der Waals surface area contributed by atoms with Crippen molar-refractivity contribution in [1.82, 2.24) is 0 Å². The fraction of sp³-hybridized carbons (Fsp3) is 1.00. The van der Waals surface area contributed by atoms with E-state index in [4.69, 9.17) is 4.18 Å². The fourth-order valence-electron chi connectivity index (χ4n) is 0.998. The molecule has 0 N–H and O–H groups in total. The first-order valence-corrected chi connectivity index (χ1v) is 9.32. The Labute approximate surface area is 99.3 Å². The second kappa shape index (κ2) is 5.65. The first-order chi connectivity index (χ1) is 7.04. The summed E-state index contributed by atoms with van der Waals surface area (Å²) in [5.41, 5.74) is -0.543. The molecule has 0 bridgehead atoms. The molecule has 0 saturated heterocycles. The van der Waals surface area contributed by atoms with Gasteiger partial charge in [0.25, 0.3) is 10.1 Å². The second-order valence-electron chi connectivity index (χ2n) is 5.20. The molecule has 0 unspecified atom stereocenters. The summed E-state index contributed by atoms with van der Waals surface area (Å²) in [7, 11) is -6.26. The number of hydrogen-bond donors (Lipinski definition) is 0. The van der Waals surface area contributed by atoms with E-state index >= 15 is 0 Å². The van der Waals surface area contributed by atoms with Crippen LogP contribution in [0.3, 0.4) is 0 Å². The van der Waals surface area contributed by atoms with Gasteiger partial charge in [-0.15, -0.1) is 0 Å². The Morgan fingerprint density at radius 1 is 1.12 bits per heavy atom. The topological polar surface area (TPSA) is 60.4 Å². The van der Waals surface area contributed by atoms with Gasteiger partial charge in [-0.05, 0) is 17.7 Å². The average Bonchev–Trinajstić information content (AvgIpc) is 2.13. The molecule has 0 aliphatic carbocycles. The molecule has 0 atom stereocenters. The molecular weight excluding hydrogens is 247 g/mol. The highest BCUT2D eigenvalue weighted by atomic mass is 32.2. The molecule has 0 spiro atoms. The second-order valence-corrected chi connectivity index (χ2v) is 11.0. The van der Waals surface area contributed by atoms with Crippen LogP contribution >= 0.6 is 7.14 Å². The SMILES string of the molecule is CCP(=O)(CC)CS(=O)(=O)OCC(C)(C)C. The normalized spacial score (nSPS) is 14.1. The van der Waals surface area contributed by atoms with Gasteiger partial charge in [0.2, 0.25) is 0 Å². The van der Waals surface area contributed by atoms with Crippen molar-refractivity contribution in [3.8, 4) is 0 Å². The minimum absolute atomic E-state index is 0.128. The standard InChI is InChI=1S/C10H23O4PS/c1-6-15(11,7-2)9-16(12,13)14-8-10(3,4)5/h6-9H2,1-5H3. The molecule has 16 heavy (non-hydrogen) atoms. The number of hydrogen-bond acceptors (Lipinski definition) is 4. The Morgan fingerprint density at radius 3 is 1.88 bits per heavy atom. The maximum absolute atomic E-state index is 12.0. The van der Waals surface area contributed by atoms with Gasteiger partial charge in [-0.1, -0.05) is 34.6 Å². The fourth-order valence-corrected chi connectivity index (χ4v) is 6.04. The molecule has 0 heterocycles. The zero-order chi connectivity index (χ0) is 13.0. The van der Waals surface area contributed by atoms with E-state index < -0.39 is 17.3 Å². The minimum atomic E-state index is -3.66. The summed E-state index contributed by atoms with van der Waals surface area (Å²) in [5, 5.41) is 0. The molecule has 0 aromatic carbocycles. The van der Waals surface area contributed by atoms with Gasteiger partial charge >= 0.3 is 0 Å². The predicted molar refractivity (Wildman–Crippen MR) is 67.9 cm³/mol. The van der Waals surface area contributed by atoms with Gasteiger partial charge < -0.3 is 4.57 Å². The van der Waals surface area contributed by atoms with Crippen LogP contribution in [0.1, 0.15) is 34.6 Å². The lowest BCUT2D eigenvalue weighted by Gasteiger charge is -2.19. The first-order valence-electron chi connectivity index (χ1n) is 5.48. The molecule has 0 aliphatic rings. The molecule has 98 valence electrons. The molecule has 0 saturated carbocycles. The summed E-state index contributed by atoms with van der Waals surface area (Å²) in [6.07, 6.45) is 0.809. The van der Waals surface area contributed by atoms with Crippen molar-refractivity contribution in [1.29, 1.82) is 0 Å². The maximum atomic E-state index is 12.0. The first kappa shape index (κ1) is 16.1. The quantitative estimate of drug-likeness (QED) is 0.550. The van der Waals surface area contributed by atoms with Crippen molar-refractivity contribution in [3.63, 3.8) is 0 Å². The third-order valence-electron chi connectivity index (χ3n) is 2.22. The Morgan fingerprint density at radius 2 is 1.56 bits per heavy atom. The average molecular weight is 270 g/mol. The van der Waals surface area contributed by atoms with Crippen molar-refractivity contribution in [2.45, 2.75) is 34.6 Å². The molecule has 0 rings (SSSR count). The third-order valence-corrected chi connectivity index (χ3v) is 8.15. The highest BCUT2D eigenvalue weighted by molar-refractivity contribution is 7.95. The zero-order valence-electron chi connectivity index (χ0n) is 10.8. The largest absolute Gasteiger partial charge is 0.322 e. The monoisotopic (exact) mass is 270 g/mol. The summed E-state index contributed by atoms with van der Waals surface area (Å²) in [6.45, 7) is 9.31. The third kappa shape index (κ3) is 6.66. The summed E-state index contributed by atoms with van der Waals surface area (Å²) in [6, 6.07) is 0. The van der Waals surface area contributed by atoms with Crippen LogP contribution in [-0.4, -0.2) is 32.8 Å². The van der Waals surface area contributed by atoms with Gasteiger partial charge in [-0.25, -0.2) is 0 Å². The minimum Gasteiger partial charge on any atom is -0.322 e. The van der Waals surface area contributed by atoms with Gasteiger partial charge in [-0.2, -0.15) is 8.42 Å². The lowest BCUT2D eigenvalue weighted by molar-refractivity contribution is 0.204. The van der Waals surface area contributed by atoms with Crippen molar-refractivity contribution < 1.29 is 17.2 Å². The van der Waals surface area contributed by atoms with Gasteiger partial charge in [0.05, 0.1) is 6.61 Å². The van der Waals surface area contributed by atoms with Crippen LogP contribution in [0.4, 0.5) is 0 Å². The Kier molecular flexibility index (Phi) is 5.70. The number of rotatable bonds is 6. The van der Waals surface area contributed by atoms with E-state index in [0.717, 1.165) is 0 Å². The summed E-state index contributed by atoms with van der Waals surface area (Å²) < 4.78 is 40.2. The molecule has 0 radical (unpaired) electrons. The van der Waals surface area contributed by atoms with E-state index in [9.17, 15) is 13.0 Å². The molecule has 0 fully saturated rings. The molecule has 0 aromatic rings. The lowest BCUT2D eigenvalue weighted by atomic mass is 9.99.